The minimum Gasteiger partial charge on any atom is -0.454 e. The molecule has 0 saturated carbocycles. The number of fused-ring (bicyclic) bond motifs is 3. The van der Waals surface area contributed by atoms with E-state index >= 15 is 0 Å². The number of allylic oxidation sites excluding steroid dienone is 7. The molecule has 0 aromatic heterocycles. The minimum atomic E-state index is -0.243. The van der Waals surface area contributed by atoms with Crippen molar-refractivity contribution in [2.75, 3.05) is 0 Å². The van der Waals surface area contributed by atoms with Crippen LogP contribution in [0.15, 0.2) is 60.3 Å². The van der Waals surface area contributed by atoms with Crippen LogP contribution in [-0.2, 0) is 9.53 Å². The van der Waals surface area contributed by atoms with Crippen LogP contribution in [0, 0.1) is 11.8 Å². The first-order chi connectivity index (χ1) is 7.84. The zero-order valence-electron chi connectivity index (χ0n) is 8.74. The summed E-state index contributed by atoms with van der Waals surface area (Å²) < 4.78 is 5.39. The monoisotopic (exact) mass is 212 g/mol. The molecule has 0 spiro atoms. The van der Waals surface area contributed by atoms with Gasteiger partial charge in [-0.05, 0) is 11.6 Å². The number of hydrogen-bond acceptors (Lipinski definition) is 2. The third kappa shape index (κ3) is 1.47. The maximum Gasteiger partial charge on any atom is 0.331 e. The Balaban J connectivity index is 2.04. The van der Waals surface area contributed by atoms with Gasteiger partial charge in [-0.15, -0.1) is 0 Å². The van der Waals surface area contributed by atoms with Crippen LogP contribution in [0.25, 0.3) is 0 Å². The Morgan fingerprint density at radius 3 is 2.75 bits per heavy atom. The molecule has 3 atom stereocenters. The van der Waals surface area contributed by atoms with Gasteiger partial charge < -0.3 is 4.74 Å². The highest BCUT2D eigenvalue weighted by molar-refractivity contribution is 5.84. The van der Waals surface area contributed by atoms with Gasteiger partial charge in [0, 0.05) is 17.9 Å². The van der Waals surface area contributed by atoms with E-state index in [9.17, 15) is 4.79 Å². The SMILES string of the molecule is O=C1C=C2C=CC=CC2C2C=CC=CC2O1. The highest BCUT2D eigenvalue weighted by atomic mass is 16.5. The van der Waals surface area contributed by atoms with Crippen molar-refractivity contribution in [2.45, 2.75) is 6.10 Å². The topological polar surface area (TPSA) is 26.3 Å². The number of carbonyl (C=O) groups excluding carboxylic acids is 1. The molecule has 1 heterocycles. The minimum absolute atomic E-state index is 0.132. The van der Waals surface area contributed by atoms with Gasteiger partial charge in [0.15, 0.2) is 0 Å². The largest absolute Gasteiger partial charge is 0.454 e. The van der Waals surface area contributed by atoms with E-state index in [4.69, 9.17) is 4.74 Å². The molecule has 80 valence electrons. The smallest absolute Gasteiger partial charge is 0.331 e. The summed E-state index contributed by atoms with van der Waals surface area (Å²) in [5.41, 5.74) is 1.04. The van der Waals surface area contributed by atoms with Crippen LogP contribution in [0.2, 0.25) is 0 Å². The van der Waals surface area contributed by atoms with Crippen LogP contribution in [0.4, 0.5) is 0 Å². The second kappa shape index (κ2) is 3.63. The van der Waals surface area contributed by atoms with E-state index < -0.39 is 0 Å². The molecule has 3 unspecified atom stereocenters. The standard InChI is InChI=1S/C14H12O2/c15-14-9-10-5-1-2-6-11(10)12-7-3-4-8-13(12)16-14/h1-9,11-13H. The van der Waals surface area contributed by atoms with Crippen molar-refractivity contribution < 1.29 is 9.53 Å². The molecule has 0 aromatic carbocycles. The first-order valence-electron chi connectivity index (χ1n) is 5.47. The van der Waals surface area contributed by atoms with Crippen LogP contribution < -0.4 is 0 Å². The average Bonchev–Trinajstić information content (AvgIpc) is 2.44. The summed E-state index contributed by atoms with van der Waals surface area (Å²) in [6.45, 7) is 0. The Labute approximate surface area is 94.3 Å². The molecule has 3 aliphatic rings. The Morgan fingerprint density at radius 2 is 1.81 bits per heavy atom. The molecular weight excluding hydrogens is 200 g/mol. The van der Waals surface area contributed by atoms with Crippen molar-refractivity contribution in [1.29, 1.82) is 0 Å². The molecule has 0 aromatic rings. The van der Waals surface area contributed by atoms with Crippen LogP contribution >= 0.6 is 0 Å². The molecule has 2 aliphatic carbocycles. The summed E-state index contributed by atoms with van der Waals surface area (Å²) in [6.07, 6.45) is 17.6. The van der Waals surface area contributed by atoms with E-state index in [2.05, 4.69) is 12.2 Å². The predicted octanol–water partition coefficient (Wildman–Crippen LogP) is 2.32. The molecule has 0 saturated heterocycles. The summed E-state index contributed by atoms with van der Waals surface area (Å²) in [7, 11) is 0. The van der Waals surface area contributed by atoms with Gasteiger partial charge >= 0.3 is 5.97 Å². The summed E-state index contributed by atoms with van der Waals surface area (Å²) in [4.78, 5) is 11.6. The third-order valence-corrected chi connectivity index (χ3v) is 3.18. The Bertz CT molecular complexity index is 463. The van der Waals surface area contributed by atoms with Crippen LogP contribution in [-0.4, -0.2) is 12.1 Å². The summed E-state index contributed by atoms with van der Waals surface area (Å²) in [6, 6.07) is 0. The molecule has 0 radical (unpaired) electrons. The predicted molar refractivity (Wildman–Crippen MR) is 61.5 cm³/mol. The molecule has 2 nitrogen and oxygen atoms in total. The fraction of sp³-hybridized carbons (Fsp3) is 0.214. The molecule has 3 rings (SSSR count). The van der Waals surface area contributed by atoms with Crippen molar-refractivity contribution in [3.63, 3.8) is 0 Å². The van der Waals surface area contributed by atoms with E-state index in [0.29, 0.717) is 0 Å². The number of carbonyl (C=O) groups is 1. The Kier molecular flexibility index (Phi) is 2.13. The number of ether oxygens (including phenoxy) is 1. The van der Waals surface area contributed by atoms with Gasteiger partial charge in [-0.1, -0.05) is 42.5 Å². The molecule has 1 aliphatic heterocycles. The lowest BCUT2D eigenvalue weighted by Crippen LogP contribution is -2.28. The van der Waals surface area contributed by atoms with Gasteiger partial charge in [-0.3, -0.25) is 0 Å². The lowest BCUT2D eigenvalue weighted by molar-refractivity contribution is -0.142. The van der Waals surface area contributed by atoms with Crippen molar-refractivity contribution in [3.05, 3.63) is 60.3 Å². The quantitative estimate of drug-likeness (QED) is 0.576. The highest BCUT2D eigenvalue weighted by Gasteiger charge is 2.33. The van der Waals surface area contributed by atoms with Crippen molar-refractivity contribution in [3.8, 4) is 0 Å². The third-order valence-electron chi connectivity index (χ3n) is 3.18. The van der Waals surface area contributed by atoms with Crippen molar-refractivity contribution >= 4 is 5.97 Å². The number of rotatable bonds is 0. The number of hydrogen-bond donors (Lipinski definition) is 0. The van der Waals surface area contributed by atoms with Gasteiger partial charge in [-0.25, -0.2) is 4.79 Å². The van der Waals surface area contributed by atoms with Crippen LogP contribution in [0.5, 0.6) is 0 Å². The van der Waals surface area contributed by atoms with Gasteiger partial charge in [0.25, 0.3) is 0 Å². The fourth-order valence-corrected chi connectivity index (χ4v) is 2.42. The van der Waals surface area contributed by atoms with Crippen LogP contribution in [0.1, 0.15) is 0 Å². The highest BCUT2D eigenvalue weighted by Crippen LogP contribution is 2.35. The summed E-state index contributed by atoms with van der Waals surface area (Å²) in [5.74, 6) is 0.235. The molecule has 0 N–H and O–H groups in total. The normalized spacial score (nSPS) is 34.9. The zero-order chi connectivity index (χ0) is 11.0. The van der Waals surface area contributed by atoms with Crippen LogP contribution in [0.3, 0.4) is 0 Å². The molecule has 0 amide bonds. The summed E-state index contributed by atoms with van der Waals surface area (Å²) >= 11 is 0. The maximum absolute atomic E-state index is 11.6. The van der Waals surface area contributed by atoms with E-state index in [1.54, 1.807) is 6.08 Å². The van der Waals surface area contributed by atoms with Gasteiger partial charge in [0.1, 0.15) is 6.10 Å². The Hall–Kier alpha value is -1.83. The van der Waals surface area contributed by atoms with Crippen molar-refractivity contribution in [2.24, 2.45) is 11.8 Å². The van der Waals surface area contributed by atoms with Crippen molar-refractivity contribution in [1.82, 2.24) is 0 Å². The average molecular weight is 212 g/mol. The molecular formula is C14H12O2. The van der Waals surface area contributed by atoms with Gasteiger partial charge in [-0.2, -0.15) is 0 Å². The lowest BCUT2D eigenvalue weighted by atomic mass is 9.79. The summed E-state index contributed by atoms with van der Waals surface area (Å²) in [5, 5.41) is 0. The Morgan fingerprint density at radius 1 is 1.00 bits per heavy atom. The molecule has 2 heteroatoms. The first-order valence-corrected chi connectivity index (χ1v) is 5.47. The van der Waals surface area contributed by atoms with E-state index in [1.165, 1.54) is 0 Å². The molecule has 0 fully saturated rings. The van der Waals surface area contributed by atoms with Gasteiger partial charge in [0.05, 0.1) is 0 Å². The lowest BCUT2D eigenvalue weighted by Gasteiger charge is -2.28. The van der Waals surface area contributed by atoms with Gasteiger partial charge in [0.2, 0.25) is 0 Å². The number of esters is 1. The zero-order valence-corrected chi connectivity index (χ0v) is 8.74. The second-order valence-electron chi connectivity index (χ2n) is 4.16. The molecule has 0 bridgehead atoms. The second-order valence-corrected chi connectivity index (χ2v) is 4.16. The van der Waals surface area contributed by atoms with E-state index in [1.807, 2.05) is 36.5 Å². The maximum atomic E-state index is 11.6. The van der Waals surface area contributed by atoms with E-state index in [0.717, 1.165) is 5.57 Å². The fourth-order valence-electron chi connectivity index (χ4n) is 2.42. The van der Waals surface area contributed by atoms with E-state index in [-0.39, 0.29) is 23.9 Å². The first kappa shape index (κ1) is 9.40. The molecule has 16 heavy (non-hydrogen) atoms.